The molecule has 0 atom stereocenters. The number of hydrogen-bond acceptors (Lipinski definition) is 7. The van der Waals surface area contributed by atoms with Crippen molar-refractivity contribution in [2.45, 2.75) is 130 Å². The number of carbonyl (C=O) groups is 1. The predicted octanol–water partition coefficient (Wildman–Crippen LogP) is 9.86. The van der Waals surface area contributed by atoms with E-state index in [-0.39, 0.29) is 12.7 Å². The molecule has 0 unspecified atom stereocenters. The standard InChI is InChI=1S/C33H60NO7P/c1-4-7-8-9-10-11-12-13-14-15-16-17-18-19-20-21-25-38-30-23-24-32(31(28-30)34-29-33(35)36)39-26-22-27-42(37,40-5-2)41-6-3/h23-24,28,34H,4-22,25-27,29H2,1-3H3,(H,35,36). The van der Waals surface area contributed by atoms with Crippen molar-refractivity contribution in [3.05, 3.63) is 18.2 Å². The second-order valence-corrected chi connectivity index (χ2v) is 13.1. The first kappa shape index (κ1) is 38.3. The van der Waals surface area contributed by atoms with Crippen LogP contribution < -0.4 is 14.8 Å². The second-order valence-electron chi connectivity index (χ2n) is 10.9. The zero-order chi connectivity index (χ0) is 30.7. The van der Waals surface area contributed by atoms with Gasteiger partial charge in [-0.15, -0.1) is 0 Å². The number of rotatable bonds is 30. The Balaban J connectivity index is 2.24. The van der Waals surface area contributed by atoms with E-state index in [2.05, 4.69) is 12.2 Å². The van der Waals surface area contributed by atoms with Gasteiger partial charge in [0, 0.05) is 6.07 Å². The topological polar surface area (TPSA) is 103 Å². The third kappa shape index (κ3) is 20.2. The lowest BCUT2D eigenvalue weighted by Gasteiger charge is -2.18. The zero-order valence-electron chi connectivity index (χ0n) is 26.8. The monoisotopic (exact) mass is 613 g/mol. The third-order valence-electron chi connectivity index (χ3n) is 7.13. The number of nitrogens with one attached hydrogen (secondary N) is 1. The molecule has 9 heteroatoms. The lowest BCUT2D eigenvalue weighted by atomic mass is 10.0. The van der Waals surface area contributed by atoms with E-state index in [1.165, 1.54) is 89.9 Å². The highest BCUT2D eigenvalue weighted by molar-refractivity contribution is 7.53. The summed E-state index contributed by atoms with van der Waals surface area (Å²) in [5, 5.41) is 12.0. The van der Waals surface area contributed by atoms with E-state index in [9.17, 15) is 9.36 Å². The molecular weight excluding hydrogens is 553 g/mol. The van der Waals surface area contributed by atoms with Gasteiger partial charge in [-0.05, 0) is 38.8 Å². The van der Waals surface area contributed by atoms with Crippen LogP contribution in [0.1, 0.15) is 130 Å². The number of unbranched alkanes of at least 4 members (excludes halogenated alkanes) is 15. The summed E-state index contributed by atoms with van der Waals surface area (Å²) in [7, 11) is -3.12. The SMILES string of the molecule is CCCCCCCCCCCCCCCCCCOc1ccc(OCCCP(=O)(OCC)OCC)c(NCC(=O)O)c1. The molecule has 244 valence electrons. The fourth-order valence-corrected chi connectivity index (χ4v) is 6.51. The number of anilines is 1. The molecule has 42 heavy (non-hydrogen) atoms. The zero-order valence-corrected chi connectivity index (χ0v) is 27.7. The first-order valence-corrected chi connectivity index (χ1v) is 18.4. The van der Waals surface area contributed by atoms with Gasteiger partial charge in [0.2, 0.25) is 0 Å². The molecule has 0 aromatic heterocycles. The second kappa shape index (κ2) is 25.7. The smallest absolute Gasteiger partial charge is 0.330 e. The van der Waals surface area contributed by atoms with Crippen molar-refractivity contribution >= 4 is 19.3 Å². The van der Waals surface area contributed by atoms with Crippen LogP contribution in [0, 0.1) is 0 Å². The van der Waals surface area contributed by atoms with Crippen LogP contribution in [-0.2, 0) is 18.4 Å². The Labute approximate surface area is 256 Å². The van der Waals surface area contributed by atoms with Gasteiger partial charge in [-0.2, -0.15) is 0 Å². The van der Waals surface area contributed by atoms with Gasteiger partial charge in [0.25, 0.3) is 0 Å². The van der Waals surface area contributed by atoms with Gasteiger partial charge in [0.05, 0.1) is 38.3 Å². The Morgan fingerprint density at radius 2 is 1.21 bits per heavy atom. The third-order valence-corrected chi connectivity index (χ3v) is 9.30. The van der Waals surface area contributed by atoms with Crippen molar-refractivity contribution in [1.82, 2.24) is 0 Å². The first-order chi connectivity index (χ1) is 20.4. The first-order valence-electron chi connectivity index (χ1n) is 16.7. The average molecular weight is 614 g/mol. The summed E-state index contributed by atoms with van der Waals surface area (Å²) >= 11 is 0. The normalized spacial score (nSPS) is 11.5. The van der Waals surface area contributed by atoms with Gasteiger partial charge in [0.1, 0.15) is 18.0 Å². The molecule has 0 amide bonds. The summed E-state index contributed by atoms with van der Waals surface area (Å²) in [6, 6.07) is 5.38. The maximum atomic E-state index is 12.6. The number of hydrogen-bond donors (Lipinski definition) is 2. The Morgan fingerprint density at radius 3 is 1.71 bits per heavy atom. The molecule has 1 aromatic carbocycles. The van der Waals surface area contributed by atoms with Crippen molar-refractivity contribution in [2.75, 3.05) is 44.5 Å². The Morgan fingerprint density at radius 1 is 0.714 bits per heavy atom. The van der Waals surface area contributed by atoms with Crippen molar-refractivity contribution in [2.24, 2.45) is 0 Å². The van der Waals surface area contributed by atoms with Crippen molar-refractivity contribution in [3.8, 4) is 11.5 Å². The highest BCUT2D eigenvalue weighted by atomic mass is 31.2. The van der Waals surface area contributed by atoms with E-state index >= 15 is 0 Å². The minimum Gasteiger partial charge on any atom is -0.494 e. The maximum absolute atomic E-state index is 12.6. The molecular formula is C33H60NO7P. The van der Waals surface area contributed by atoms with Crippen molar-refractivity contribution in [3.63, 3.8) is 0 Å². The lowest BCUT2D eigenvalue weighted by molar-refractivity contribution is -0.134. The molecule has 0 fully saturated rings. The van der Waals surface area contributed by atoms with E-state index in [1.54, 1.807) is 26.0 Å². The fraction of sp³-hybridized carbons (Fsp3) is 0.788. The van der Waals surface area contributed by atoms with E-state index < -0.39 is 13.6 Å². The van der Waals surface area contributed by atoms with Crippen molar-refractivity contribution < 1.29 is 33.0 Å². The molecule has 2 N–H and O–H groups in total. The Hall–Kier alpha value is -1.76. The molecule has 1 rings (SSSR count). The number of carboxylic acids is 1. The van der Waals surface area contributed by atoms with Crippen LogP contribution in [0.5, 0.6) is 11.5 Å². The summed E-state index contributed by atoms with van der Waals surface area (Å²) in [4.78, 5) is 11.1. The van der Waals surface area contributed by atoms with Crippen LogP contribution >= 0.6 is 7.60 Å². The number of carboxylic acid groups (broad SMARTS) is 1. The predicted molar refractivity (Wildman–Crippen MR) is 173 cm³/mol. The summed E-state index contributed by atoms with van der Waals surface area (Å²) in [5.74, 6) is 0.233. The van der Waals surface area contributed by atoms with Crippen LogP contribution in [0.3, 0.4) is 0 Å². The van der Waals surface area contributed by atoms with Crippen LogP contribution in [0.4, 0.5) is 5.69 Å². The summed E-state index contributed by atoms with van der Waals surface area (Å²) < 4.78 is 35.1. The maximum Gasteiger partial charge on any atom is 0.330 e. The lowest BCUT2D eigenvalue weighted by Crippen LogP contribution is -2.14. The minimum absolute atomic E-state index is 0.233. The number of aliphatic carboxylic acids is 1. The molecule has 0 aliphatic rings. The van der Waals surface area contributed by atoms with Crippen LogP contribution in [-0.4, -0.2) is 50.2 Å². The average Bonchev–Trinajstić information content (AvgIpc) is 2.96. The largest absolute Gasteiger partial charge is 0.494 e. The molecule has 0 aliphatic heterocycles. The molecule has 0 spiro atoms. The minimum atomic E-state index is -3.12. The van der Waals surface area contributed by atoms with Crippen LogP contribution in [0.2, 0.25) is 0 Å². The highest BCUT2D eigenvalue weighted by Gasteiger charge is 2.22. The molecule has 8 nitrogen and oxygen atoms in total. The van der Waals surface area contributed by atoms with Gasteiger partial charge < -0.3 is 28.9 Å². The summed E-state index contributed by atoms with van der Waals surface area (Å²) in [5.41, 5.74) is 0.555. The molecule has 0 heterocycles. The highest BCUT2D eigenvalue weighted by Crippen LogP contribution is 2.48. The quantitative estimate of drug-likeness (QED) is 0.0653. The van der Waals surface area contributed by atoms with E-state index in [4.69, 9.17) is 23.6 Å². The van der Waals surface area contributed by atoms with E-state index in [0.29, 0.717) is 50.0 Å². The molecule has 0 bridgehead atoms. The number of ether oxygens (including phenoxy) is 2. The summed E-state index contributed by atoms with van der Waals surface area (Å²) in [6.07, 6.45) is 22.1. The van der Waals surface area contributed by atoms with E-state index in [0.717, 1.165) is 12.8 Å². The van der Waals surface area contributed by atoms with Gasteiger partial charge in [-0.25, -0.2) is 0 Å². The Kier molecular flexibility index (Phi) is 23.4. The van der Waals surface area contributed by atoms with Gasteiger partial charge in [0.15, 0.2) is 0 Å². The Bertz CT molecular complexity index is 842. The van der Waals surface area contributed by atoms with Crippen molar-refractivity contribution in [1.29, 1.82) is 0 Å². The fourth-order valence-electron chi connectivity index (χ4n) is 4.87. The molecule has 0 saturated heterocycles. The molecule has 1 aromatic rings. The van der Waals surface area contributed by atoms with E-state index in [1.807, 2.05) is 6.07 Å². The molecule has 0 saturated carbocycles. The molecule has 0 radical (unpaired) electrons. The van der Waals surface area contributed by atoms with Crippen LogP contribution in [0.15, 0.2) is 18.2 Å². The van der Waals surface area contributed by atoms with Crippen LogP contribution in [0.25, 0.3) is 0 Å². The summed E-state index contributed by atoms with van der Waals surface area (Å²) in [6.45, 7) is 7.18. The van der Waals surface area contributed by atoms with Gasteiger partial charge >= 0.3 is 13.6 Å². The van der Waals surface area contributed by atoms with Gasteiger partial charge in [-0.1, -0.05) is 103 Å². The molecule has 0 aliphatic carbocycles. The van der Waals surface area contributed by atoms with Gasteiger partial charge in [-0.3, -0.25) is 9.36 Å². The number of benzene rings is 1.